The molecular formula is C19H18F4N2O3S. The van der Waals surface area contributed by atoms with Crippen molar-refractivity contribution in [2.75, 3.05) is 24.5 Å². The summed E-state index contributed by atoms with van der Waals surface area (Å²) in [7, 11) is -4.07. The van der Waals surface area contributed by atoms with Crippen molar-refractivity contribution in [1.82, 2.24) is 4.90 Å². The number of sulfonamides is 1. The van der Waals surface area contributed by atoms with E-state index in [-0.39, 0.29) is 10.6 Å². The number of nitrogens with one attached hydrogen (secondary N) is 1. The Morgan fingerprint density at radius 1 is 1.00 bits per heavy atom. The Balaban J connectivity index is 1.77. The lowest BCUT2D eigenvalue weighted by molar-refractivity contribution is -0.137. The summed E-state index contributed by atoms with van der Waals surface area (Å²) in [5, 5.41) is 0. The number of carbonyl (C=O) groups is 1. The van der Waals surface area contributed by atoms with Gasteiger partial charge in [0.1, 0.15) is 0 Å². The van der Waals surface area contributed by atoms with Crippen LogP contribution in [0.1, 0.15) is 16.7 Å². The summed E-state index contributed by atoms with van der Waals surface area (Å²) in [6.07, 6.45) is -3.59. The van der Waals surface area contributed by atoms with Crippen LogP contribution in [0.4, 0.5) is 23.2 Å². The van der Waals surface area contributed by atoms with E-state index in [1.165, 1.54) is 4.90 Å². The lowest BCUT2D eigenvalue weighted by Crippen LogP contribution is -2.34. The van der Waals surface area contributed by atoms with Crippen molar-refractivity contribution >= 4 is 21.6 Å². The van der Waals surface area contributed by atoms with E-state index in [9.17, 15) is 30.8 Å². The zero-order valence-electron chi connectivity index (χ0n) is 15.2. The van der Waals surface area contributed by atoms with Gasteiger partial charge in [0.2, 0.25) is 0 Å². The molecule has 0 aromatic heterocycles. The third-order valence-electron chi connectivity index (χ3n) is 4.72. The molecule has 0 unspecified atom stereocenters. The smallest absolute Gasteiger partial charge is 0.340 e. The SMILES string of the molecule is O=C(CF)N1CCc2ccc(NS(=O)(=O)c3ccc(C(F)(F)F)cc3)cc2CC1. The first-order chi connectivity index (χ1) is 13.6. The Morgan fingerprint density at radius 3 is 2.21 bits per heavy atom. The van der Waals surface area contributed by atoms with Gasteiger partial charge >= 0.3 is 6.18 Å². The van der Waals surface area contributed by atoms with E-state index in [2.05, 4.69) is 4.72 Å². The highest BCUT2D eigenvalue weighted by Gasteiger charge is 2.30. The second-order valence-electron chi connectivity index (χ2n) is 6.63. The number of fused-ring (bicyclic) bond motifs is 1. The molecule has 0 aliphatic carbocycles. The zero-order chi connectivity index (χ0) is 21.2. The first-order valence-corrected chi connectivity index (χ1v) is 10.2. The number of amides is 1. The predicted molar refractivity (Wildman–Crippen MR) is 98.7 cm³/mol. The maximum absolute atomic E-state index is 12.6. The second kappa shape index (κ2) is 8.02. The summed E-state index contributed by atoms with van der Waals surface area (Å²) >= 11 is 0. The molecule has 5 nitrogen and oxygen atoms in total. The average Bonchev–Trinajstić information content (AvgIpc) is 2.89. The molecule has 10 heteroatoms. The Morgan fingerprint density at radius 2 is 1.62 bits per heavy atom. The largest absolute Gasteiger partial charge is 0.416 e. The minimum Gasteiger partial charge on any atom is -0.340 e. The Labute approximate surface area is 165 Å². The molecule has 1 aliphatic heterocycles. The Hall–Kier alpha value is -2.62. The fourth-order valence-electron chi connectivity index (χ4n) is 3.16. The quantitative estimate of drug-likeness (QED) is 0.757. The van der Waals surface area contributed by atoms with Crippen molar-refractivity contribution in [1.29, 1.82) is 0 Å². The van der Waals surface area contributed by atoms with Crippen LogP contribution in [0.2, 0.25) is 0 Å². The number of benzene rings is 2. The van der Waals surface area contributed by atoms with Gasteiger partial charge in [-0.25, -0.2) is 12.8 Å². The lowest BCUT2D eigenvalue weighted by atomic mass is 10.0. The molecule has 0 atom stereocenters. The first-order valence-electron chi connectivity index (χ1n) is 8.76. The van der Waals surface area contributed by atoms with Crippen molar-refractivity contribution in [3.8, 4) is 0 Å². The van der Waals surface area contributed by atoms with Crippen LogP contribution in [-0.2, 0) is 33.8 Å². The van der Waals surface area contributed by atoms with E-state index in [1.807, 2.05) is 0 Å². The number of hydrogen-bond acceptors (Lipinski definition) is 3. The van der Waals surface area contributed by atoms with Gasteiger partial charge in [0.05, 0.1) is 10.5 Å². The lowest BCUT2D eigenvalue weighted by Gasteiger charge is -2.18. The number of nitrogens with zero attached hydrogens (tertiary/aromatic N) is 1. The van der Waals surface area contributed by atoms with E-state index >= 15 is 0 Å². The van der Waals surface area contributed by atoms with Gasteiger partial charge in [-0.05, 0) is 60.4 Å². The number of hydrogen-bond donors (Lipinski definition) is 1. The van der Waals surface area contributed by atoms with Gasteiger partial charge in [-0.2, -0.15) is 13.2 Å². The second-order valence-corrected chi connectivity index (χ2v) is 8.31. The topological polar surface area (TPSA) is 66.5 Å². The number of halogens is 4. The highest BCUT2D eigenvalue weighted by Crippen LogP contribution is 2.30. The van der Waals surface area contributed by atoms with Gasteiger partial charge in [-0.3, -0.25) is 9.52 Å². The minimum absolute atomic E-state index is 0.258. The normalized spacial score (nSPS) is 14.8. The zero-order valence-corrected chi connectivity index (χ0v) is 16.0. The van der Waals surface area contributed by atoms with E-state index in [0.717, 1.165) is 23.3 Å². The molecule has 1 heterocycles. The molecule has 1 amide bonds. The summed E-state index contributed by atoms with van der Waals surface area (Å²) in [6, 6.07) is 8.12. The molecular weight excluding hydrogens is 412 g/mol. The fraction of sp³-hybridized carbons (Fsp3) is 0.316. The Bertz CT molecular complexity index is 1010. The molecule has 1 aliphatic rings. The van der Waals surface area contributed by atoms with Crippen LogP contribution in [0.3, 0.4) is 0 Å². The first kappa shape index (κ1) is 21.1. The van der Waals surface area contributed by atoms with Gasteiger partial charge in [-0.15, -0.1) is 0 Å². The molecule has 0 saturated carbocycles. The van der Waals surface area contributed by atoms with Crippen molar-refractivity contribution in [3.05, 3.63) is 59.2 Å². The minimum atomic E-state index is -4.55. The summed E-state index contributed by atoms with van der Waals surface area (Å²) in [4.78, 5) is 12.7. The fourth-order valence-corrected chi connectivity index (χ4v) is 4.21. The van der Waals surface area contributed by atoms with Crippen molar-refractivity contribution in [2.24, 2.45) is 0 Å². The third-order valence-corrected chi connectivity index (χ3v) is 6.12. The summed E-state index contributed by atoms with van der Waals surface area (Å²) < 4.78 is 77.9. The van der Waals surface area contributed by atoms with Crippen molar-refractivity contribution in [3.63, 3.8) is 0 Å². The average molecular weight is 430 g/mol. The molecule has 0 fully saturated rings. The molecule has 0 bridgehead atoms. The molecule has 29 heavy (non-hydrogen) atoms. The molecule has 1 N–H and O–H groups in total. The third kappa shape index (κ3) is 4.87. The van der Waals surface area contributed by atoms with Crippen molar-refractivity contribution in [2.45, 2.75) is 23.9 Å². The van der Waals surface area contributed by atoms with E-state index in [1.54, 1.807) is 18.2 Å². The van der Waals surface area contributed by atoms with Crippen molar-refractivity contribution < 1.29 is 30.8 Å². The molecule has 2 aromatic rings. The monoisotopic (exact) mass is 430 g/mol. The van der Waals surface area contributed by atoms with Crippen LogP contribution in [0.25, 0.3) is 0 Å². The van der Waals surface area contributed by atoms with E-state index in [0.29, 0.717) is 38.1 Å². The maximum atomic E-state index is 12.6. The summed E-state index contributed by atoms with van der Waals surface area (Å²) in [6.45, 7) is -0.355. The number of anilines is 1. The van der Waals surface area contributed by atoms with E-state index in [4.69, 9.17) is 0 Å². The molecule has 2 aromatic carbocycles. The molecule has 0 saturated heterocycles. The van der Waals surface area contributed by atoms with Gasteiger partial charge in [-0.1, -0.05) is 6.07 Å². The molecule has 156 valence electrons. The Kier molecular flexibility index (Phi) is 5.83. The number of rotatable bonds is 4. The van der Waals surface area contributed by atoms with Gasteiger partial charge < -0.3 is 4.90 Å². The van der Waals surface area contributed by atoms with Crippen LogP contribution in [0.5, 0.6) is 0 Å². The number of alkyl halides is 4. The van der Waals surface area contributed by atoms with Crippen LogP contribution in [0, 0.1) is 0 Å². The maximum Gasteiger partial charge on any atom is 0.416 e. The number of carbonyl (C=O) groups excluding carboxylic acids is 1. The highest BCUT2D eigenvalue weighted by atomic mass is 32.2. The van der Waals surface area contributed by atoms with Crippen LogP contribution in [-0.4, -0.2) is 39.0 Å². The predicted octanol–water partition coefficient (Wildman–Crippen LogP) is 3.40. The highest BCUT2D eigenvalue weighted by molar-refractivity contribution is 7.92. The van der Waals surface area contributed by atoms with Gasteiger partial charge in [0, 0.05) is 18.8 Å². The standard InChI is InChI=1S/C19H18F4N2O3S/c20-12-18(26)25-9-7-13-1-4-16(11-14(13)8-10-25)24-29(27,28)17-5-2-15(3-6-17)19(21,22)23/h1-6,11,24H,7-10,12H2. The van der Waals surface area contributed by atoms with Crippen LogP contribution >= 0.6 is 0 Å². The van der Waals surface area contributed by atoms with Crippen LogP contribution in [0.15, 0.2) is 47.4 Å². The summed E-state index contributed by atoms with van der Waals surface area (Å²) in [5.41, 5.74) is 1.08. The van der Waals surface area contributed by atoms with Gasteiger partial charge in [0.25, 0.3) is 15.9 Å². The van der Waals surface area contributed by atoms with E-state index < -0.39 is 34.3 Å². The summed E-state index contributed by atoms with van der Waals surface area (Å²) in [5.74, 6) is -0.582. The molecule has 0 spiro atoms. The van der Waals surface area contributed by atoms with Crippen LogP contribution < -0.4 is 4.72 Å². The molecule has 3 rings (SSSR count). The van der Waals surface area contributed by atoms with Gasteiger partial charge in [0.15, 0.2) is 6.67 Å². The molecule has 0 radical (unpaired) electrons.